The molecule has 0 amide bonds. The summed E-state index contributed by atoms with van der Waals surface area (Å²) in [5.74, 6) is 0.940. The van der Waals surface area contributed by atoms with E-state index in [2.05, 4.69) is 29.4 Å². The lowest BCUT2D eigenvalue weighted by atomic mass is 10.0. The minimum Gasteiger partial charge on any atom is -0.382 e. The fourth-order valence-corrected chi connectivity index (χ4v) is 2.75. The van der Waals surface area contributed by atoms with Gasteiger partial charge in [0.1, 0.15) is 0 Å². The van der Waals surface area contributed by atoms with Gasteiger partial charge in [0.2, 0.25) is 0 Å². The zero-order valence-corrected chi connectivity index (χ0v) is 14.2. The van der Waals surface area contributed by atoms with Crippen molar-refractivity contribution in [2.45, 2.75) is 52.5 Å². The fraction of sp³-hybridized carbons (Fsp3) is 0.938. The second kappa shape index (κ2) is 11.8. The van der Waals surface area contributed by atoms with Crippen LogP contribution in [0.5, 0.6) is 0 Å². The lowest BCUT2D eigenvalue weighted by Gasteiger charge is -2.33. The van der Waals surface area contributed by atoms with Gasteiger partial charge in [-0.3, -0.25) is 9.89 Å². The Balaban J connectivity index is 2.35. The predicted molar refractivity (Wildman–Crippen MR) is 90.0 cm³/mol. The van der Waals surface area contributed by atoms with Crippen LogP contribution in [0.3, 0.4) is 0 Å². The summed E-state index contributed by atoms with van der Waals surface area (Å²) in [5.41, 5.74) is 0. The summed E-state index contributed by atoms with van der Waals surface area (Å²) in [5, 5.41) is 6.72. The van der Waals surface area contributed by atoms with Gasteiger partial charge in [-0.05, 0) is 46.2 Å². The van der Waals surface area contributed by atoms with E-state index in [-0.39, 0.29) is 0 Å². The Morgan fingerprint density at radius 3 is 2.81 bits per heavy atom. The molecule has 1 aliphatic rings. The maximum absolute atomic E-state index is 5.35. The monoisotopic (exact) mass is 298 g/mol. The Hall–Kier alpha value is -0.810. The van der Waals surface area contributed by atoms with E-state index in [1.807, 2.05) is 6.92 Å². The van der Waals surface area contributed by atoms with Crippen LogP contribution >= 0.6 is 0 Å². The lowest BCUT2D eigenvalue weighted by molar-refractivity contribution is 0.145. The number of piperidine rings is 1. The largest absolute Gasteiger partial charge is 0.382 e. The van der Waals surface area contributed by atoms with Crippen molar-refractivity contribution in [3.05, 3.63) is 0 Å². The van der Waals surface area contributed by atoms with Crippen molar-refractivity contribution >= 4 is 5.96 Å². The number of likely N-dealkylation sites (N-methyl/N-ethyl adjacent to an activating group) is 1. The van der Waals surface area contributed by atoms with Crippen LogP contribution in [-0.4, -0.2) is 62.8 Å². The first-order chi connectivity index (χ1) is 10.3. The third-order valence-electron chi connectivity index (χ3n) is 3.92. The molecule has 1 aliphatic heterocycles. The van der Waals surface area contributed by atoms with Crippen LogP contribution in [0.1, 0.15) is 46.5 Å². The van der Waals surface area contributed by atoms with Crippen LogP contribution in [0.4, 0.5) is 0 Å². The molecule has 0 aromatic carbocycles. The minimum atomic E-state index is 0.614. The first-order valence-corrected chi connectivity index (χ1v) is 8.65. The van der Waals surface area contributed by atoms with Gasteiger partial charge in [-0.25, -0.2) is 0 Å². The van der Waals surface area contributed by atoms with E-state index in [0.29, 0.717) is 6.04 Å². The third-order valence-corrected chi connectivity index (χ3v) is 3.92. The van der Waals surface area contributed by atoms with Gasteiger partial charge in [-0.1, -0.05) is 13.3 Å². The second-order valence-electron chi connectivity index (χ2n) is 5.48. The van der Waals surface area contributed by atoms with Crippen LogP contribution in [-0.2, 0) is 4.74 Å². The molecule has 5 heteroatoms. The molecule has 0 aromatic heterocycles. The Morgan fingerprint density at radius 2 is 2.10 bits per heavy atom. The number of nitrogens with zero attached hydrogens (tertiary/aromatic N) is 2. The summed E-state index contributed by atoms with van der Waals surface area (Å²) >= 11 is 0. The van der Waals surface area contributed by atoms with Crippen LogP contribution in [0.15, 0.2) is 4.99 Å². The third kappa shape index (κ3) is 7.67. The van der Waals surface area contributed by atoms with Crippen molar-refractivity contribution in [1.82, 2.24) is 15.5 Å². The van der Waals surface area contributed by atoms with E-state index in [9.17, 15) is 0 Å². The number of hydrogen-bond donors (Lipinski definition) is 2. The number of hydrogen-bond acceptors (Lipinski definition) is 3. The Kier molecular flexibility index (Phi) is 10.3. The van der Waals surface area contributed by atoms with Gasteiger partial charge in [0.25, 0.3) is 0 Å². The van der Waals surface area contributed by atoms with E-state index >= 15 is 0 Å². The smallest absolute Gasteiger partial charge is 0.191 e. The van der Waals surface area contributed by atoms with Crippen molar-refractivity contribution in [3.63, 3.8) is 0 Å². The van der Waals surface area contributed by atoms with Gasteiger partial charge in [-0.15, -0.1) is 0 Å². The minimum absolute atomic E-state index is 0.614. The maximum Gasteiger partial charge on any atom is 0.191 e. The lowest BCUT2D eigenvalue weighted by Crippen LogP contribution is -2.43. The molecule has 1 atom stereocenters. The number of nitrogens with one attached hydrogen (secondary N) is 2. The highest BCUT2D eigenvalue weighted by atomic mass is 16.5. The van der Waals surface area contributed by atoms with Gasteiger partial charge in [0.15, 0.2) is 5.96 Å². The molecule has 0 saturated carbocycles. The first kappa shape index (κ1) is 18.2. The first-order valence-electron chi connectivity index (χ1n) is 8.65. The van der Waals surface area contributed by atoms with Crippen LogP contribution in [0, 0.1) is 0 Å². The van der Waals surface area contributed by atoms with Gasteiger partial charge in [-0.2, -0.15) is 0 Å². The number of likely N-dealkylation sites (tertiary alicyclic amines) is 1. The molecule has 5 nitrogen and oxygen atoms in total. The average molecular weight is 298 g/mol. The molecule has 0 aliphatic carbocycles. The van der Waals surface area contributed by atoms with Crippen molar-refractivity contribution < 1.29 is 4.74 Å². The predicted octanol–water partition coefficient (Wildman–Crippen LogP) is 1.84. The van der Waals surface area contributed by atoms with Crippen LogP contribution in [0.2, 0.25) is 0 Å². The quantitative estimate of drug-likeness (QED) is 0.387. The summed E-state index contributed by atoms with van der Waals surface area (Å²) < 4.78 is 5.35. The molecule has 1 heterocycles. The highest BCUT2D eigenvalue weighted by Gasteiger charge is 2.20. The molecule has 124 valence electrons. The van der Waals surface area contributed by atoms with Crippen LogP contribution < -0.4 is 10.6 Å². The van der Waals surface area contributed by atoms with E-state index in [1.54, 1.807) is 0 Å². The van der Waals surface area contributed by atoms with Gasteiger partial charge in [0.05, 0.1) is 6.54 Å². The van der Waals surface area contributed by atoms with E-state index in [0.717, 1.165) is 51.8 Å². The number of guanidine groups is 1. The standard InChI is InChI=1S/C16H34N4O/c1-4-17-16(18-11-9-13-21-6-3)19-14-15-10-7-8-12-20(15)5-2/h15H,4-14H2,1-3H3,(H2,17,18,19). The highest BCUT2D eigenvalue weighted by molar-refractivity contribution is 5.79. The van der Waals surface area contributed by atoms with Gasteiger partial charge < -0.3 is 15.4 Å². The molecular weight excluding hydrogens is 264 g/mol. The summed E-state index contributed by atoms with van der Waals surface area (Å²) in [7, 11) is 0. The molecule has 0 bridgehead atoms. The normalized spacial score (nSPS) is 20.5. The molecule has 1 fully saturated rings. The SMILES string of the molecule is CCNC(=NCC1CCCCN1CC)NCCCOCC. The molecule has 1 saturated heterocycles. The number of ether oxygens (including phenoxy) is 1. The molecule has 1 rings (SSSR count). The topological polar surface area (TPSA) is 48.9 Å². The highest BCUT2D eigenvalue weighted by Crippen LogP contribution is 2.16. The Bertz CT molecular complexity index is 283. The van der Waals surface area contributed by atoms with Crippen molar-refractivity contribution in [3.8, 4) is 0 Å². The fourth-order valence-electron chi connectivity index (χ4n) is 2.75. The van der Waals surface area contributed by atoms with Crippen molar-refractivity contribution in [2.75, 3.05) is 45.9 Å². The van der Waals surface area contributed by atoms with E-state index < -0.39 is 0 Å². The molecular formula is C16H34N4O. The van der Waals surface area contributed by atoms with Gasteiger partial charge in [0, 0.05) is 32.3 Å². The number of rotatable bonds is 9. The molecule has 21 heavy (non-hydrogen) atoms. The maximum atomic E-state index is 5.35. The molecule has 0 spiro atoms. The number of aliphatic imine (C=N–C) groups is 1. The second-order valence-corrected chi connectivity index (χ2v) is 5.48. The van der Waals surface area contributed by atoms with Crippen LogP contribution in [0.25, 0.3) is 0 Å². The van der Waals surface area contributed by atoms with E-state index in [4.69, 9.17) is 9.73 Å². The summed E-state index contributed by atoms with van der Waals surface area (Å²) in [6.45, 7) is 13.1. The van der Waals surface area contributed by atoms with Crippen molar-refractivity contribution in [1.29, 1.82) is 0 Å². The summed E-state index contributed by atoms with van der Waals surface area (Å²) in [6.07, 6.45) is 4.97. The summed E-state index contributed by atoms with van der Waals surface area (Å²) in [6, 6.07) is 0.614. The van der Waals surface area contributed by atoms with Crippen molar-refractivity contribution in [2.24, 2.45) is 4.99 Å². The molecule has 0 aromatic rings. The van der Waals surface area contributed by atoms with Gasteiger partial charge >= 0.3 is 0 Å². The molecule has 1 unspecified atom stereocenters. The summed E-state index contributed by atoms with van der Waals surface area (Å²) in [4.78, 5) is 7.33. The zero-order valence-electron chi connectivity index (χ0n) is 14.2. The van der Waals surface area contributed by atoms with E-state index in [1.165, 1.54) is 25.8 Å². The molecule has 2 N–H and O–H groups in total. The zero-order chi connectivity index (χ0) is 15.3. The molecule has 0 radical (unpaired) electrons. The Morgan fingerprint density at radius 1 is 1.24 bits per heavy atom. The average Bonchev–Trinajstić information content (AvgIpc) is 2.52. The Labute approximate surface area is 130 Å².